The largest absolute Gasteiger partial charge is 0.437 e. The molecule has 0 unspecified atom stereocenters. The van der Waals surface area contributed by atoms with Gasteiger partial charge in [-0.15, -0.1) is 0 Å². The summed E-state index contributed by atoms with van der Waals surface area (Å²) >= 11 is 0. The summed E-state index contributed by atoms with van der Waals surface area (Å²) in [7, 11) is 0. The van der Waals surface area contributed by atoms with Crippen LogP contribution in [0.3, 0.4) is 0 Å². The van der Waals surface area contributed by atoms with E-state index in [1.807, 2.05) is 29.2 Å². The topological polar surface area (TPSA) is 66.7 Å². The molecule has 0 atom stereocenters. The number of amides is 2. The van der Waals surface area contributed by atoms with Crippen LogP contribution < -0.4 is 0 Å². The number of hydrogen-bond donors (Lipinski definition) is 0. The Hall–Kier alpha value is -2.63. The third kappa shape index (κ3) is 3.49. The zero-order valence-electron chi connectivity index (χ0n) is 14.8. The van der Waals surface area contributed by atoms with Crippen LogP contribution in [-0.4, -0.2) is 52.8 Å². The predicted octanol–water partition coefficient (Wildman–Crippen LogP) is 2.70. The third-order valence-electron chi connectivity index (χ3n) is 5.29. The number of piperazine rings is 1. The highest BCUT2D eigenvalue weighted by molar-refractivity contribution is 5.91. The van der Waals surface area contributed by atoms with E-state index in [1.165, 1.54) is 6.08 Å². The van der Waals surface area contributed by atoms with Crippen LogP contribution in [0.5, 0.6) is 0 Å². The first-order valence-corrected chi connectivity index (χ1v) is 9.32. The lowest BCUT2D eigenvalue weighted by Gasteiger charge is -2.35. The van der Waals surface area contributed by atoms with Crippen LogP contribution in [0.25, 0.3) is 17.2 Å². The molecule has 1 saturated heterocycles. The Bertz CT molecular complexity index is 795. The van der Waals surface area contributed by atoms with Crippen molar-refractivity contribution in [2.45, 2.75) is 25.7 Å². The van der Waals surface area contributed by atoms with Crippen LogP contribution in [0.4, 0.5) is 0 Å². The molecule has 6 nitrogen and oxygen atoms in total. The molecule has 26 heavy (non-hydrogen) atoms. The molecule has 1 aromatic carbocycles. The second-order valence-corrected chi connectivity index (χ2v) is 6.99. The highest BCUT2D eigenvalue weighted by Crippen LogP contribution is 2.27. The second-order valence-electron chi connectivity index (χ2n) is 6.99. The smallest absolute Gasteiger partial charge is 0.246 e. The average Bonchev–Trinajstić information content (AvgIpc) is 3.35. The number of oxazole rings is 1. The fourth-order valence-corrected chi connectivity index (χ4v) is 3.79. The Morgan fingerprint density at radius 2 is 1.73 bits per heavy atom. The summed E-state index contributed by atoms with van der Waals surface area (Å²) in [5, 5.41) is 0. The molecule has 0 spiro atoms. The Balaban J connectivity index is 1.32. The van der Waals surface area contributed by atoms with E-state index in [0.29, 0.717) is 37.7 Å². The Morgan fingerprint density at radius 3 is 2.46 bits per heavy atom. The molecule has 0 radical (unpaired) electrons. The SMILES string of the molecule is O=C(/C=C/c1nc2ccccc2o1)N1CCN(C(=O)C2CCCC2)CC1. The second kappa shape index (κ2) is 7.32. The van der Waals surface area contributed by atoms with E-state index in [9.17, 15) is 9.59 Å². The Morgan fingerprint density at radius 1 is 1.04 bits per heavy atom. The maximum Gasteiger partial charge on any atom is 0.246 e. The molecule has 2 fully saturated rings. The van der Waals surface area contributed by atoms with Crippen molar-refractivity contribution >= 4 is 29.0 Å². The molecule has 2 aromatic rings. The van der Waals surface area contributed by atoms with Crippen molar-refractivity contribution in [3.05, 3.63) is 36.2 Å². The van der Waals surface area contributed by atoms with E-state index in [-0.39, 0.29) is 17.7 Å². The number of benzene rings is 1. The molecule has 2 aliphatic rings. The normalized spacial score (nSPS) is 18.9. The number of rotatable bonds is 3. The predicted molar refractivity (Wildman–Crippen MR) is 98.2 cm³/mol. The van der Waals surface area contributed by atoms with E-state index in [0.717, 1.165) is 31.2 Å². The van der Waals surface area contributed by atoms with E-state index in [2.05, 4.69) is 4.98 Å². The molecule has 136 valence electrons. The molecular formula is C20H23N3O3. The maximum absolute atomic E-state index is 12.5. The fraction of sp³-hybridized carbons (Fsp3) is 0.450. The van der Waals surface area contributed by atoms with Crippen molar-refractivity contribution in [1.82, 2.24) is 14.8 Å². The summed E-state index contributed by atoms with van der Waals surface area (Å²) < 4.78 is 5.59. The van der Waals surface area contributed by atoms with E-state index in [1.54, 1.807) is 11.0 Å². The van der Waals surface area contributed by atoms with Gasteiger partial charge in [0, 0.05) is 44.2 Å². The lowest BCUT2D eigenvalue weighted by Crippen LogP contribution is -2.51. The molecule has 1 saturated carbocycles. The molecule has 2 amide bonds. The maximum atomic E-state index is 12.5. The monoisotopic (exact) mass is 353 g/mol. The van der Waals surface area contributed by atoms with Crippen LogP contribution in [0.1, 0.15) is 31.6 Å². The van der Waals surface area contributed by atoms with Gasteiger partial charge in [0.15, 0.2) is 5.58 Å². The number of aromatic nitrogens is 1. The molecule has 1 aromatic heterocycles. The Labute approximate surface area is 152 Å². The van der Waals surface area contributed by atoms with Crippen molar-refractivity contribution < 1.29 is 14.0 Å². The van der Waals surface area contributed by atoms with Gasteiger partial charge in [0.1, 0.15) is 5.52 Å². The van der Waals surface area contributed by atoms with Gasteiger partial charge in [0.05, 0.1) is 0 Å². The molecule has 2 heterocycles. The molecule has 0 N–H and O–H groups in total. The van der Waals surface area contributed by atoms with Crippen LogP contribution >= 0.6 is 0 Å². The minimum absolute atomic E-state index is 0.0692. The van der Waals surface area contributed by atoms with Gasteiger partial charge in [-0.25, -0.2) is 4.98 Å². The summed E-state index contributed by atoms with van der Waals surface area (Å²) in [6.07, 6.45) is 7.47. The molecule has 4 rings (SSSR count). The van der Waals surface area contributed by atoms with Crippen molar-refractivity contribution in [3.8, 4) is 0 Å². The number of nitrogens with zero attached hydrogens (tertiary/aromatic N) is 3. The molecule has 1 aliphatic heterocycles. The van der Waals surface area contributed by atoms with Crippen LogP contribution in [0.2, 0.25) is 0 Å². The van der Waals surface area contributed by atoms with Gasteiger partial charge < -0.3 is 14.2 Å². The van der Waals surface area contributed by atoms with Gasteiger partial charge >= 0.3 is 0 Å². The summed E-state index contributed by atoms with van der Waals surface area (Å²) in [5.41, 5.74) is 1.48. The summed E-state index contributed by atoms with van der Waals surface area (Å²) in [4.78, 5) is 32.9. The zero-order valence-corrected chi connectivity index (χ0v) is 14.8. The highest BCUT2D eigenvalue weighted by Gasteiger charge is 2.30. The van der Waals surface area contributed by atoms with E-state index in [4.69, 9.17) is 4.42 Å². The average molecular weight is 353 g/mol. The molecule has 6 heteroatoms. The minimum Gasteiger partial charge on any atom is -0.437 e. The van der Waals surface area contributed by atoms with Crippen molar-refractivity contribution in [2.75, 3.05) is 26.2 Å². The third-order valence-corrected chi connectivity index (χ3v) is 5.29. The minimum atomic E-state index is -0.0692. The first kappa shape index (κ1) is 16.8. The van der Waals surface area contributed by atoms with Crippen molar-refractivity contribution in [1.29, 1.82) is 0 Å². The van der Waals surface area contributed by atoms with Gasteiger partial charge in [-0.2, -0.15) is 0 Å². The fourth-order valence-electron chi connectivity index (χ4n) is 3.79. The van der Waals surface area contributed by atoms with Gasteiger partial charge in [0.2, 0.25) is 17.7 Å². The summed E-state index contributed by atoms with van der Waals surface area (Å²) in [6.45, 7) is 2.40. The highest BCUT2D eigenvalue weighted by atomic mass is 16.3. The zero-order chi connectivity index (χ0) is 17.9. The number of fused-ring (bicyclic) bond motifs is 1. The van der Waals surface area contributed by atoms with Gasteiger partial charge in [0.25, 0.3) is 0 Å². The first-order chi connectivity index (χ1) is 12.7. The lowest BCUT2D eigenvalue weighted by atomic mass is 10.1. The number of carbonyl (C=O) groups is 2. The van der Waals surface area contributed by atoms with Crippen LogP contribution in [0, 0.1) is 5.92 Å². The number of hydrogen-bond acceptors (Lipinski definition) is 4. The van der Waals surface area contributed by atoms with Crippen LogP contribution in [0.15, 0.2) is 34.8 Å². The van der Waals surface area contributed by atoms with Crippen LogP contribution in [-0.2, 0) is 9.59 Å². The van der Waals surface area contributed by atoms with Crippen molar-refractivity contribution in [2.24, 2.45) is 5.92 Å². The number of para-hydroxylation sites is 2. The first-order valence-electron chi connectivity index (χ1n) is 9.32. The Kier molecular flexibility index (Phi) is 4.73. The van der Waals surface area contributed by atoms with Crippen molar-refractivity contribution in [3.63, 3.8) is 0 Å². The quantitative estimate of drug-likeness (QED) is 0.796. The summed E-state index contributed by atoms with van der Waals surface area (Å²) in [5.74, 6) is 0.836. The molecule has 0 bridgehead atoms. The van der Waals surface area contributed by atoms with E-state index < -0.39 is 0 Å². The van der Waals surface area contributed by atoms with Gasteiger partial charge in [-0.05, 0) is 25.0 Å². The molecule has 1 aliphatic carbocycles. The lowest BCUT2D eigenvalue weighted by molar-refractivity contribution is -0.140. The molecular weight excluding hydrogens is 330 g/mol. The van der Waals surface area contributed by atoms with E-state index >= 15 is 0 Å². The van der Waals surface area contributed by atoms with Gasteiger partial charge in [-0.1, -0.05) is 25.0 Å². The van der Waals surface area contributed by atoms with Gasteiger partial charge in [-0.3, -0.25) is 9.59 Å². The number of carbonyl (C=O) groups excluding carboxylic acids is 2. The standard InChI is InChI=1S/C20H23N3O3/c24-19(10-9-18-21-16-7-3-4-8-17(16)26-18)22-11-13-23(14-12-22)20(25)15-5-1-2-6-15/h3-4,7-10,15H,1-2,5-6,11-14H2/b10-9+. The summed E-state index contributed by atoms with van der Waals surface area (Å²) in [6, 6.07) is 7.51.